The molecule has 0 aliphatic heterocycles. The number of aromatic carboxylic acids is 2. The van der Waals surface area contributed by atoms with Crippen LogP contribution in [-0.4, -0.2) is 67.7 Å². The van der Waals surface area contributed by atoms with Crippen molar-refractivity contribution in [1.29, 1.82) is 0 Å². The second-order valence-corrected chi connectivity index (χ2v) is 5.34. The Hall–Kier alpha value is -2.98. The van der Waals surface area contributed by atoms with Crippen molar-refractivity contribution in [2.75, 3.05) is 13.2 Å². The fourth-order valence-electron chi connectivity index (χ4n) is 1.56. The van der Waals surface area contributed by atoms with Crippen LogP contribution in [0.3, 0.4) is 0 Å². The molecule has 10 heteroatoms. The zero-order valence-corrected chi connectivity index (χ0v) is 15.3. The molecular weight excluding hydrogens is 376 g/mol. The molecule has 0 aliphatic rings. The van der Waals surface area contributed by atoms with Crippen molar-refractivity contribution in [3.8, 4) is 0 Å². The van der Waals surface area contributed by atoms with E-state index in [0.717, 1.165) is 18.9 Å². The summed E-state index contributed by atoms with van der Waals surface area (Å²) in [6.07, 6.45) is 2.46. The maximum Gasteiger partial charge on any atom is 0.335 e. The molecule has 1 aromatic rings. The van der Waals surface area contributed by atoms with Gasteiger partial charge in [-0.15, -0.1) is 0 Å². The highest BCUT2D eigenvalue weighted by molar-refractivity contribution is 5.93. The first-order valence-electron chi connectivity index (χ1n) is 8.37. The highest BCUT2D eigenvalue weighted by Gasteiger charge is 2.06. The van der Waals surface area contributed by atoms with Crippen molar-refractivity contribution in [1.82, 2.24) is 0 Å². The average molecular weight is 402 g/mol. The van der Waals surface area contributed by atoms with E-state index in [1.54, 1.807) is 0 Å². The lowest BCUT2D eigenvalue weighted by atomic mass is 10.1. The van der Waals surface area contributed by atoms with Gasteiger partial charge in [-0.1, -0.05) is 6.07 Å². The summed E-state index contributed by atoms with van der Waals surface area (Å²) in [5, 5.41) is 49.4. The second kappa shape index (κ2) is 17.4. The van der Waals surface area contributed by atoms with Crippen molar-refractivity contribution < 1.29 is 49.8 Å². The Balaban J connectivity index is 0. The van der Waals surface area contributed by atoms with Crippen LogP contribution in [0, 0.1) is 0 Å². The second-order valence-electron chi connectivity index (χ2n) is 5.34. The maximum atomic E-state index is 10.4. The van der Waals surface area contributed by atoms with Crippen LogP contribution >= 0.6 is 0 Å². The Kier molecular flexibility index (Phi) is 17.0. The Morgan fingerprint density at radius 3 is 1.25 bits per heavy atom. The number of carboxylic acids is 4. The van der Waals surface area contributed by atoms with Crippen molar-refractivity contribution in [3.05, 3.63) is 35.4 Å². The number of carboxylic acid groups (broad SMARTS) is 4. The number of carbonyl (C=O) groups is 4. The van der Waals surface area contributed by atoms with E-state index in [1.807, 2.05) is 0 Å². The highest BCUT2D eigenvalue weighted by atomic mass is 16.4. The Morgan fingerprint density at radius 1 is 0.643 bits per heavy atom. The average Bonchev–Trinajstić information content (AvgIpc) is 2.64. The summed E-state index contributed by atoms with van der Waals surface area (Å²) in [6, 6.07) is 5.20. The van der Waals surface area contributed by atoms with Gasteiger partial charge in [-0.05, 0) is 43.9 Å². The largest absolute Gasteiger partial charge is 0.481 e. The molecule has 0 fully saturated rings. The molecular formula is C18H26O10. The van der Waals surface area contributed by atoms with Crippen molar-refractivity contribution in [3.63, 3.8) is 0 Å². The predicted octanol–water partition coefficient (Wildman–Crippen LogP) is 1.55. The number of benzene rings is 1. The van der Waals surface area contributed by atoms with Gasteiger partial charge < -0.3 is 30.6 Å². The summed E-state index contributed by atoms with van der Waals surface area (Å²) >= 11 is 0. The fraction of sp³-hybridized carbons (Fsp3) is 0.444. The van der Waals surface area contributed by atoms with Gasteiger partial charge in [-0.3, -0.25) is 9.59 Å². The van der Waals surface area contributed by atoms with Crippen molar-refractivity contribution in [2.24, 2.45) is 0 Å². The third kappa shape index (κ3) is 17.8. The summed E-state index contributed by atoms with van der Waals surface area (Å²) in [5.74, 6) is -3.99. The Labute approximate surface area is 161 Å². The predicted molar refractivity (Wildman–Crippen MR) is 97.5 cm³/mol. The molecule has 0 heterocycles. The lowest BCUT2D eigenvalue weighted by molar-refractivity contribution is -0.139. The quantitative estimate of drug-likeness (QED) is 0.313. The maximum absolute atomic E-state index is 10.4. The summed E-state index contributed by atoms with van der Waals surface area (Å²) in [6.45, 7) is 0.390. The van der Waals surface area contributed by atoms with Gasteiger partial charge in [0.05, 0.1) is 11.1 Å². The molecule has 0 amide bonds. The minimum atomic E-state index is -1.13. The van der Waals surface area contributed by atoms with E-state index in [4.69, 9.17) is 30.6 Å². The summed E-state index contributed by atoms with van der Waals surface area (Å²) in [5.41, 5.74) is -0.0372. The van der Waals surface area contributed by atoms with E-state index in [1.165, 1.54) is 18.2 Å². The molecule has 1 rings (SSSR count). The molecule has 1 aromatic carbocycles. The number of hydrogen-bond acceptors (Lipinski definition) is 6. The van der Waals surface area contributed by atoms with Gasteiger partial charge in [-0.2, -0.15) is 0 Å². The molecule has 0 saturated heterocycles. The summed E-state index contributed by atoms with van der Waals surface area (Å²) in [7, 11) is 0. The number of hydrogen-bond donors (Lipinski definition) is 6. The van der Waals surface area contributed by atoms with Crippen LogP contribution in [-0.2, 0) is 9.59 Å². The van der Waals surface area contributed by atoms with Crippen LogP contribution in [0.15, 0.2) is 24.3 Å². The molecule has 28 heavy (non-hydrogen) atoms. The lowest BCUT2D eigenvalue weighted by Crippen LogP contribution is -2.01. The molecule has 0 aliphatic carbocycles. The lowest BCUT2D eigenvalue weighted by Gasteiger charge is -1.95. The molecule has 0 aromatic heterocycles. The number of aliphatic carboxylic acids is 2. The van der Waals surface area contributed by atoms with E-state index in [0.29, 0.717) is 12.8 Å². The van der Waals surface area contributed by atoms with E-state index in [2.05, 4.69) is 0 Å². The van der Waals surface area contributed by atoms with Gasteiger partial charge in [0.2, 0.25) is 0 Å². The molecule has 0 saturated carbocycles. The Bertz CT molecular complexity index is 563. The van der Waals surface area contributed by atoms with E-state index in [9.17, 15) is 19.2 Å². The number of aliphatic hydroxyl groups is 2. The van der Waals surface area contributed by atoms with Crippen molar-refractivity contribution >= 4 is 23.9 Å². The molecule has 0 spiro atoms. The standard InChI is InChI=1S/C8H6O4.C6H10O4.C4H10O2/c9-7(10)5-2-1-3-6(4-5)8(11)12;7-5(8)3-1-2-4-6(9)10;5-3-1-2-4-6/h1-4H,(H,9,10)(H,11,12);1-4H2,(H,7,8)(H,9,10);5-6H,1-4H2. The first kappa shape index (κ1) is 27.2. The molecule has 0 bridgehead atoms. The van der Waals surface area contributed by atoms with Gasteiger partial charge >= 0.3 is 23.9 Å². The summed E-state index contributed by atoms with van der Waals surface area (Å²) < 4.78 is 0. The van der Waals surface area contributed by atoms with Crippen LogP contribution < -0.4 is 0 Å². The minimum Gasteiger partial charge on any atom is -0.481 e. The van der Waals surface area contributed by atoms with E-state index < -0.39 is 23.9 Å². The van der Waals surface area contributed by atoms with Crippen LogP contribution in [0.4, 0.5) is 0 Å². The minimum absolute atomic E-state index is 0.0186. The fourth-order valence-corrected chi connectivity index (χ4v) is 1.56. The van der Waals surface area contributed by atoms with Gasteiger partial charge in [-0.25, -0.2) is 9.59 Å². The highest BCUT2D eigenvalue weighted by Crippen LogP contribution is 2.04. The molecule has 158 valence electrons. The number of unbranched alkanes of at least 4 members (excludes halogenated alkanes) is 2. The smallest absolute Gasteiger partial charge is 0.335 e. The third-order valence-electron chi connectivity index (χ3n) is 2.95. The van der Waals surface area contributed by atoms with Crippen LogP contribution in [0.5, 0.6) is 0 Å². The number of aliphatic hydroxyl groups excluding tert-OH is 2. The first-order chi connectivity index (χ1) is 13.1. The van der Waals surface area contributed by atoms with Gasteiger partial charge in [0, 0.05) is 26.1 Å². The van der Waals surface area contributed by atoms with E-state index >= 15 is 0 Å². The first-order valence-corrected chi connectivity index (χ1v) is 8.37. The molecule has 10 nitrogen and oxygen atoms in total. The van der Waals surface area contributed by atoms with Gasteiger partial charge in [0.1, 0.15) is 0 Å². The molecule has 6 N–H and O–H groups in total. The third-order valence-corrected chi connectivity index (χ3v) is 2.95. The molecule has 0 atom stereocenters. The van der Waals surface area contributed by atoms with Crippen LogP contribution in [0.2, 0.25) is 0 Å². The SMILES string of the molecule is O=C(O)CCCCC(=O)O.O=C(O)c1cccc(C(=O)O)c1.OCCCCO. The monoisotopic (exact) mass is 402 g/mol. The van der Waals surface area contributed by atoms with Gasteiger partial charge in [0.25, 0.3) is 0 Å². The molecule has 0 radical (unpaired) electrons. The normalized spacial score (nSPS) is 9.21. The summed E-state index contributed by atoms with van der Waals surface area (Å²) in [4.78, 5) is 40.6. The van der Waals surface area contributed by atoms with Crippen molar-refractivity contribution in [2.45, 2.75) is 38.5 Å². The zero-order chi connectivity index (χ0) is 21.9. The van der Waals surface area contributed by atoms with E-state index in [-0.39, 0.29) is 37.2 Å². The van der Waals surface area contributed by atoms with Gasteiger partial charge in [0.15, 0.2) is 0 Å². The van der Waals surface area contributed by atoms with Crippen LogP contribution in [0.25, 0.3) is 0 Å². The zero-order valence-electron chi connectivity index (χ0n) is 15.3. The number of rotatable bonds is 10. The van der Waals surface area contributed by atoms with Crippen LogP contribution in [0.1, 0.15) is 59.2 Å². The Morgan fingerprint density at radius 2 is 1.00 bits per heavy atom. The molecule has 0 unspecified atom stereocenters. The topological polar surface area (TPSA) is 190 Å².